The molecule has 0 radical (unpaired) electrons. The molecule has 0 spiro atoms. The Hall–Kier alpha value is -3.08. The van der Waals surface area contributed by atoms with Crippen molar-refractivity contribution in [2.24, 2.45) is 0 Å². The average Bonchev–Trinajstić information content (AvgIpc) is 2.60. The molecule has 0 aliphatic heterocycles. The lowest BCUT2D eigenvalue weighted by atomic mass is 9.86. The van der Waals surface area contributed by atoms with Crippen LogP contribution in [0.5, 0.6) is 5.75 Å². The average molecular weight is 322 g/mol. The number of hydrogen-bond acceptors (Lipinski definition) is 4. The van der Waals surface area contributed by atoms with Gasteiger partial charge in [-0.25, -0.2) is 0 Å². The summed E-state index contributed by atoms with van der Waals surface area (Å²) in [5.74, 6) is -0.0794. The van der Waals surface area contributed by atoms with Crippen molar-refractivity contribution in [1.82, 2.24) is 10.9 Å². The number of carbonyl (C=O) groups excluding carboxylic acids is 2. The van der Waals surface area contributed by atoms with Gasteiger partial charge in [0.2, 0.25) is 0 Å². The van der Waals surface area contributed by atoms with Crippen LogP contribution in [-0.4, -0.2) is 16.8 Å². The summed E-state index contributed by atoms with van der Waals surface area (Å²) < 4.78 is 0. The number of nitrogens with one attached hydrogen (secondary N) is 2. The van der Waals surface area contributed by atoms with Crippen LogP contribution in [0.3, 0.4) is 0 Å². The van der Waals surface area contributed by atoms with E-state index in [0.717, 1.165) is 5.56 Å². The smallest absolute Gasteiger partial charge is 0.269 e. The van der Waals surface area contributed by atoms with Gasteiger partial charge in [-0.15, -0.1) is 0 Å². The molecule has 0 bridgehead atoms. The number of benzene rings is 2. The number of phenols is 1. The van der Waals surface area contributed by atoms with E-state index in [-0.39, 0.29) is 23.4 Å². The topological polar surface area (TPSA) is 78.4 Å². The first-order valence-corrected chi connectivity index (χ1v) is 7.75. The Kier molecular flexibility index (Phi) is 4.61. The number of phenolic OH excluding ortho intramolecular Hbond substituents is 1. The second-order valence-electron chi connectivity index (χ2n) is 5.78. The van der Waals surface area contributed by atoms with E-state index in [9.17, 15) is 14.7 Å². The second-order valence-corrected chi connectivity index (χ2v) is 5.78. The number of rotatable bonds is 4. The molecule has 24 heavy (non-hydrogen) atoms. The molecule has 2 aromatic carbocycles. The molecule has 1 amide bonds. The number of aromatic hydroxyl groups is 1. The fourth-order valence-electron chi connectivity index (χ4n) is 2.76. The minimum absolute atomic E-state index is 0.0384. The molecule has 3 rings (SSSR count). The zero-order valence-corrected chi connectivity index (χ0v) is 13.0. The Morgan fingerprint density at radius 2 is 1.71 bits per heavy atom. The van der Waals surface area contributed by atoms with Crippen LogP contribution in [0.2, 0.25) is 0 Å². The summed E-state index contributed by atoms with van der Waals surface area (Å²) in [5, 5.41) is 9.24. The van der Waals surface area contributed by atoms with Crippen LogP contribution in [0.4, 0.5) is 0 Å². The zero-order valence-electron chi connectivity index (χ0n) is 13.0. The molecule has 122 valence electrons. The molecule has 5 nitrogen and oxygen atoms in total. The summed E-state index contributed by atoms with van der Waals surface area (Å²) in [5.41, 5.74) is 7.65. The van der Waals surface area contributed by atoms with Gasteiger partial charge in [0.25, 0.3) is 5.91 Å². The van der Waals surface area contributed by atoms with Crippen molar-refractivity contribution in [1.29, 1.82) is 0 Å². The third-order valence-corrected chi connectivity index (χ3v) is 3.99. The van der Waals surface area contributed by atoms with E-state index in [1.165, 1.54) is 30.3 Å². The molecule has 5 heteroatoms. The van der Waals surface area contributed by atoms with Crippen molar-refractivity contribution in [2.75, 3.05) is 0 Å². The van der Waals surface area contributed by atoms with Crippen molar-refractivity contribution in [3.05, 3.63) is 77.5 Å². The van der Waals surface area contributed by atoms with E-state index < -0.39 is 0 Å². The maximum absolute atomic E-state index is 12.1. The molecule has 3 N–H and O–H groups in total. The first-order chi connectivity index (χ1) is 11.6. The normalized spacial score (nSPS) is 17.1. The Morgan fingerprint density at radius 3 is 2.42 bits per heavy atom. The highest BCUT2D eigenvalue weighted by molar-refractivity contribution is 5.94. The van der Waals surface area contributed by atoms with Crippen molar-refractivity contribution in [3.63, 3.8) is 0 Å². The summed E-state index contributed by atoms with van der Waals surface area (Å²) in [6, 6.07) is 15.8. The number of carbonyl (C=O) groups is 2. The highest BCUT2D eigenvalue weighted by Gasteiger charge is 2.22. The van der Waals surface area contributed by atoms with E-state index >= 15 is 0 Å². The fourth-order valence-corrected chi connectivity index (χ4v) is 2.76. The molecule has 0 saturated heterocycles. The van der Waals surface area contributed by atoms with Crippen molar-refractivity contribution in [3.8, 4) is 5.75 Å². The maximum Gasteiger partial charge on any atom is 0.269 e. The van der Waals surface area contributed by atoms with Gasteiger partial charge in [0.05, 0.1) is 0 Å². The Balaban J connectivity index is 1.63. The highest BCUT2D eigenvalue weighted by atomic mass is 16.3. The first-order valence-electron chi connectivity index (χ1n) is 7.75. The molecule has 1 atom stereocenters. The zero-order chi connectivity index (χ0) is 16.9. The third-order valence-electron chi connectivity index (χ3n) is 3.99. The molecule has 1 unspecified atom stereocenters. The standard InChI is InChI=1S/C19H18N2O3/c22-17-8-6-14(7-9-17)19(24)21-20-16-10-15(11-18(23)12-16)13-4-2-1-3-5-13/h1-9,12,15,20,22H,10-11H2,(H,21,24). The molecule has 0 aromatic heterocycles. The van der Waals surface area contributed by atoms with Crippen LogP contribution in [0.15, 0.2) is 66.4 Å². The predicted molar refractivity (Wildman–Crippen MR) is 90.2 cm³/mol. The predicted octanol–water partition coefficient (Wildman–Crippen LogP) is 2.66. The Bertz CT molecular complexity index is 767. The van der Waals surface area contributed by atoms with E-state index in [4.69, 9.17) is 0 Å². The van der Waals surface area contributed by atoms with Gasteiger partial charge >= 0.3 is 0 Å². The summed E-state index contributed by atoms with van der Waals surface area (Å²) in [4.78, 5) is 24.0. The van der Waals surface area contributed by atoms with Crippen LogP contribution in [0.25, 0.3) is 0 Å². The number of hydrogen-bond donors (Lipinski definition) is 3. The van der Waals surface area contributed by atoms with Crippen LogP contribution >= 0.6 is 0 Å². The summed E-state index contributed by atoms with van der Waals surface area (Å²) in [6.07, 6.45) is 2.67. The van der Waals surface area contributed by atoms with Crippen LogP contribution in [0, 0.1) is 0 Å². The van der Waals surface area contributed by atoms with Crippen LogP contribution < -0.4 is 10.9 Å². The molecular weight excluding hydrogens is 304 g/mol. The summed E-state index contributed by atoms with van der Waals surface area (Å²) in [7, 11) is 0. The van der Waals surface area contributed by atoms with E-state index in [0.29, 0.717) is 24.1 Å². The van der Waals surface area contributed by atoms with Crippen molar-refractivity contribution >= 4 is 11.7 Å². The summed E-state index contributed by atoms with van der Waals surface area (Å²) >= 11 is 0. The van der Waals surface area contributed by atoms with Gasteiger partial charge in [-0.3, -0.25) is 15.0 Å². The highest BCUT2D eigenvalue weighted by Crippen LogP contribution is 2.30. The number of amides is 1. The lowest BCUT2D eigenvalue weighted by Gasteiger charge is -2.23. The lowest BCUT2D eigenvalue weighted by molar-refractivity contribution is -0.115. The van der Waals surface area contributed by atoms with Gasteiger partial charge in [-0.1, -0.05) is 30.3 Å². The fraction of sp³-hybridized carbons (Fsp3) is 0.158. The van der Waals surface area contributed by atoms with Crippen LogP contribution in [-0.2, 0) is 4.79 Å². The first kappa shape index (κ1) is 15.8. The van der Waals surface area contributed by atoms with Gasteiger partial charge in [0, 0.05) is 23.8 Å². The maximum atomic E-state index is 12.1. The number of hydrazine groups is 1. The molecule has 2 aromatic rings. The molecule has 1 aliphatic carbocycles. The van der Waals surface area contributed by atoms with Gasteiger partial charge in [0.15, 0.2) is 5.78 Å². The van der Waals surface area contributed by atoms with E-state index in [1.807, 2.05) is 30.3 Å². The van der Waals surface area contributed by atoms with E-state index in [2.05, 4.69) is 10.9 Å². The minimum Gasteiger partial charge on any atom is -0.508 e. The van der Waals surface area contributed by atoms with E-state index in [1.54, 1.807) is 0 Å². The second kappa shape index (κ2) is 7.00. The number of ketones is 1. The van der Waals surface area contributed by atoms with Gasteiger partial charge in [0.1, 0.15) is 5.75 Å². The van der Waals surface area contributed by atoms with Crippen molar-refractivity contribution < 1.29 is 14.7 Å². The quantitative estimate of drug-likeness (QED) is 0.756. The van der Waals surface area contributed by atoms with Crippen molar-refractivity contribution in [2.45, 2.75) is 18.8 Å². The largest absolute Gasteiger partial charge is 0.508 e. The third kappa shape index (κ3) is 3.81. The van der Waals surface area contributed by atoms with Gasteiger partial charge in [-0.2, -0.15) is 0 Å². The Labute approximate surface area is 140 Å². The molecule has 1 aliphatic rings. The monoisotopic (exact) mass is 322 g/mol. The number of allylic oxidation sites excluding steroid dienone is 2. The molecule has 0 saturated carbocycles. The Morgan fingerprint density at radius 1 is 1.00 bits per heavy atom. The minimum atomic E-state index is -0.329. The molecule has 0 fully saturated rings. The SMILES string of the molecule is O=C1C=C(NNC(=O)c2ccc(O)cc2)CC(c2ccccc2)C1. The summed E-state index contributed by atoms with van der Waals surface area (Å²) in [6.45, 7) is 0. The molecule has 0 heterocycles. The molecular formula is C19H18N2O3. The van der Waals surface area contributed by atoms with Crippen LogP contribution in [0.1, 0.15) is 34.7 Å². The van der Waals surface area contributed by atoms with Gasteiger partial charge < -0.3 is 10.5 Å². The van der Waals surface area contributed by atoms with Gasteiger partial charge in [-0.05, 0) is 42.2 Å². The lowest BCUT2D eigenvalue weighted by Crippen LogP contribution is -2.38.